The second-order valence-corrected chi connectivity index (χ2v) is 10.8. The molecule has 1 aliphatic heterocycles. The van der Waals surface area contributed by atoms with E-state index in [-0.39, 0.29) is 29.3 Å². The molecule has 45 heavy (non-hydrogen) atoms. The number of piperazine rings is 1. The number of fused-ring (bicyclic) bond motifs is 1. The lowest BCUT2D eigenvalue weighted by Gasteiger charge is -2.32. The van der Waals surface area contributed by atoms with E-state index in [9.17, 15) is 18.0 Å². The molecule has 1 fully saturated rings. The number of likely N-dealkylation sites (N-methyl/N-ethyl adjacent to an activating group) is 1. The van der Waals surface area contributed by atoms with E-state index in [0.717, 1.165) is 24.7 Å². The lowest BCUT2D eigenvalue weighted by Crippen LogP contribution is -2.44. The number of carbonyl (C=O) groups is 1. The van der Waals surface area contributed by atoms with Gasteiger partial charge in [0, 0.05) is 73.1 Å². The van der Waals surface area contributed by atoms with Crippen LogP contribution in [-0.2, 0) is 12.7 Å². The van der Waals surface area contributed by atoms with Gasteiger partial charge < -0.3 is 25.4 Å². The number of pyridine rings is 2. The van der Waals surface area contributed by atoms with Crippen LogP contribution in [0.15, 0.2) is 48.8 Å². The van der Waals surface area contributed by atoms with Gasteiger partial charge >= 0.3 is 6.18 Å². The van der Waals surface area contributed by atoms with Gasteiger partial charge in [0.05, 0.1) is 25.3 Å². The number of methoxy groups -OCH3 is 2. The number of anilines is 2. The minimum Gasteiger partial charge on any atom is -0.497 e. The summed E-state index contributed by atoms with van der Waals surface area (Å²) in [5.74, 6) is 6.64. The molecule has 1 aliphatic rings. The summed E-state index contributed by atoms with van der Waals surface area (Å²) in [5, 5.41) is 3.89. The third-order valence-electron chi connectivity index (χ3n) is 7.77. The number of hydrogen-bond acceptors (Lipinski definition) is 8. The molecule has 2 aromatic heterocycles. The van der Waals surface area contributed by atoms with Crippen molar-refractivity contribution >= 4 is 28.3 Å². The number of nitrogens with two attached hydrogens (primary N) is 1. The largest absolute Gasteiger partial charge is 0.497 e. The summed E-state index contributed by atoms with van der Waals surface area (Å²) in [6.45, 7) is 4.84. The number of alkyl halides is 3. The van der Waals surface area contributed by atoms with E-state index < -0.39 is 17.6 Å². The summed E-state index contributed by atoms with van der Waals surface area (Å²) in [6.07, 6.45) is -1.82. The quantitative estimate of drug-likeness (QED) is 0.293. The van der Waals surface area contributed by atoms with Crippen LogP contribution in [0.1, 0.15) is 38.2 Å². The van der Waals surface area contributed by atoms with Crippen LogP contribution in [0.4, 0.5) is 24.8 Å². The molecule has 3 N–H and O–H groups in total. The number of nitrogens with one attached hydrogen (secondary N) is 1. The summed E-state index contributed by atoms with van der Waals surface area (Å²) >= 11 is 0. The lowest BCUT2D eigenvalue weighted by atomic mass is 10.0. The Morgan fingerprint density at radius 3 is 2.44 bits per heavy atom. The Morgan fingerprint density at radius 2 is 1.76 bits per heavy atom. The predicted molar refractivity (Wildman–Crippen MR) is 166 cm³/mol. The number of hydrogen-bond donors (Lipinski definition) is 2. The highest BCUT2D eigenvalue weighted by molar-refractivity contribution is 6.04. The third kappa shape index (κ3) is 7.11. The van der Waals surface area contributed by atoms with E-state index in [2.05, 4.69) is 32.0 Å². The van der Waals surface area contributed by atoms with Gasteiger partial charge in [-0.15, -0.1) is 0 Å². The minimum absolute atomic E-state index is 0.0652. The Labute approximate surface area is 259 Å². The molecule has 0 spiro atoms. The predicted octanol–water partition coefficient (Wildman–Crippen LogP) is 4.96. The Bertz CT molecular complexity index is 1810. The van der Waals surface area contributed by atoms with Gasteiger partial charge in [0.1, 0.15) is 23.1 Å². The maximum atomic E-state index is 14.0. The molecular weight excluding hydrogens is 585 g/mol. The summed E-state index contributed by atoms with van der Waals surface area (Å²) in [6, 6.07) is 9.26. The fourth-order valence-electron chi connectivity index (χ4n) is 5.10. The number of nitrogens with zero attached hydrogens (tertiary/aromatic N) is 4. The first-order valence-electron chi connectivity index (χ1n) is 14.2. The molecule has 0 bridgehead atoms. The Balaban J connectivity index is 1.41. The van der Waals surface area contributed by atoms with Gasteiger partial charge in [-0.05, 0) is 49.4 Å². The molecule has 234 valence electrons. The summed E-state index contributed by atoms with van der Waals surface area (Å²) in [5.41, 5.74) is 7.41. The summed E-state index contributed by atoms with van der Waals surface area (Å²) < 4.78 is 53.0. The van der Waals surface area contributed by atoms with Gasteiger partial charge in [-0.1, -0.05) is 17.9 Å². The van der Waals surface area contributed by atoms with Crippen molar-refractivity contribution in [3.63, 3.8) is 0 Å². The standard InChI is InChI=1S/C33H33F3N6O3/c1-20-5-6-22(13-21(20)7-8-25-26-14-24(44-3)15-29(45-4)27(26)18-39-31(25)37)32(43)40-30-16-28(33(34,35)36)23(17-38-30)19-42-11-9-41(2)10-12-42/h5-6,13-18H,9-12,19H2,1-4H3,(H2,37,39)(H,38,40,43). The number of rotatable bonds is 6. The zero-order valence-electron chi connectivity index (χ0n) is 25.4. The number of halogens is 3. The molecule has 0 aliphatic carbocycles. The number of benzene rings is 2. The number of amides is 1. The van der Waals surface area contributed by atoms with Crippen molar-refractivity contribution < 1.29 is 27.4 Å². The Hall–Kier alpha value is -4.86. The maximum absolute atomic E-state index is 14.0. The van der Waals surface area contributed by atoms with Crippen LogP contribution >= 0.6 is 0 Å². The SMILES string of the molecule is COc1cc(OC)c2cnc(N)c(C#Cc3cc(C(=O)Nc4cc(C(F)(F)F)c(CN5CCN(C)CC5)cn4)ccc3C)c2c1. The van der Waals surface area contributed by atoms with E-state index >= 15 is 0 Å². The molecule has 1 saturated heterocycles. The van der Waals surface area contributed by atoms with Gasteiger partial charge in [-0.25, -0.2) is 9.97 Å². The van der Waals surface area contributed by atoms with Crippen LogP contribution in [0, 0.1) is 18.8 Å². The van der Waals surface area contributed by atoms with Crippen molar-refractivity contribution in [1.82, 2.24) is 19.8 Å². The van der Waals surface area contributed by atoms with Crippen molar-refractivity contribution in [2.75, 3.05) is 58.5 Å². The van der Waals surface area contributed by atoms with E-state index in [1.807, 2.05) is 18.9 Å². The van der Waals surface area contributed by atoms with E-state index in [1.54, 1.807) is 43.6 Å². The topological polar surface area (TPSA) is 106 Å². The number of aryl methyl sites for hydroxylation is 1. The van der Waals surface area contributed by atoms with Crippen LogP contribution in [-0.4, -0.2) is 73.1 Å². The fraction of sp³-hybridized carbons (Fsp3) is 0.303. The first-order valence-corrected chi connectivity index (χ1v) is 14.2. The van der Waals surface area contributed by atoms with Gasteiger partial charge in [0.2, 0.25) is 0 Å². The first kappa shape index (κ1) is 31.6. The van der Waals surface area contributed by atoms with E-state index in [1.165, 1.54) is 13.3 Å². The Morgan fingerprint density at radius 1 is 1.00 bits per heavy atom. The Kier molecular flexibility index (Phi) is 9.13. The number of nitrogen functional groups attached to an aromatic ring is 1. The lowest BCUT2D eigenvalue weighted by molar-refractivity contribution is -0.138. The molecule has 12 heteroatoms. The first-order chi connectivity index (χ1) is 21.5. The number of ether oxygens (including phenoxy) is 2. The van der Waals surface area contributed by atoms with Crippen molar-refractivity contribution in [1.29, 1.82) is 0 Å². The van der Waals surface area contributed by atoms with Gasteiger partial charge in [-0.2, -0.15) is 13.2 Å². The smallest absolute Gasteiger partial charge is 0.416 e. The third-order valence-corrected chi connectivity index (χ3v) is 7.77. The molecule has 2 aromatic carbocycles. The normalized spacial score (nSPS) is 14.1. The van der Waals surface area contributed by atoms with Crippen LogP contribution in [0.25, 0.3) is 10.8 Å². The van der Waals surface area contributed by atoms with Crippen molar-refractivity contribution in [2.24, 2.45) is 0 Å². The number of aromatic nitrogens is 2. The van der Waals surface area contributed by atoms with Crippen LogP contribution in [0.3, 0.4) is 0 Å². The van der Waals surface area contributed by atoms with Crippen LogP contribution in [0.2, 0.25) is 0 Å². The molecule has 3 heterocycles. The van der Waals surface area contributed by atoms with Gasteiger partial charge in [0.15, 0.2) is 0 Å². The highest BCUT2D eigenvalue weighted by Crippen LogP contribution is 2.35. The van der Waals surface area contributed by atoms with Gasteiger partial charge in [0.25, 0.3) is 5.91 Å². The van der Waals surface area contributed by atoms with Crippen LogP contribution in [0.5, 0.6) is 11.5 Å². The molecule has 9 nitrogen and oxygen atoms in total. The van der Waals surface area contributed by atoms with E-state index in [0.29, 0.717) is 46.5 Å². The van der Waals surface area contributed by atoms with Crippen LogP contribution < -0.4 is 20.5 Å². The van der Waals surface area contributed by atoms with Crippen molar-refractivity contribution in [2.45, 2.75) is 19.6 Å². The second-order valence-electron chi connectivity index (χ2n) is 10.8. The molecule has 0 unspecified atom stereocenters. The molecule has 4 aromatic rings. The zero-order chi connectivity index (χ0) is 32.3. The molecule has 0 atom stereocenters. The fourth-order valence-corrected chi connectivity index (χ4v) is 5.10. The summed E-state index contributed by atoms with van der Waals surface area (Å²) in [4.78, 5) is 25.7. The molecular formula is C33H33F3N6O3. The number of carbonyl (C=O) groups excluding carboxylic acids is 1. The van der Waals surface area contributed by atoms with Gasteiger partial charge in [-0.3, -0.25) is 9.69 Å². The van der Waals surface area contributed by atoms with Crippen molar-refractivity contribution in [3.8, 4) is 23.3 Å². The minimum atomic E-state index is -4.61. The summed E-state index contributed by atoms with van der Waals surface area (Å²) in [7, 11) is 5.06. The van der Waals surface area contributed by atoms with E-state index in [4.69, 9.17) is 15.2 Å². The molecule has 0 radical (unpaired) electrons. The highest BCUT2D eigenvalue weighted by Gasteiger charge is 2.35. The second kappa shape index (κ2) is 13.0. The average Bonchev–Trinajstić information content (AvgIpc) is 3.01. The maximum Gasteiger partial charge on any atom is 0.416 e. The monoisotopic (exact) mass is 618 g/mol. The average molecular weight is 619 g/mol. The van der Waals surface area contributed by atoms with Crippen molar-refractivity contribution in [3.05, 3.63) is 82.2 Å². The molecule has 0 saturated carbocycles. The molecule has 1 amide bonds. The molecule has 5 rings (SSSR count). The zero-order valence-corrected chi connectivity index (χ0v) is 25.4. The highest BCUT2D eigenvalue weighted by atomic mass is 19.4.